The minimum atomic E-state index is -1.23. The van der Waals surface area contributed by atoms with Crippen molar-refractivity contribution in [3.05, 3.63) is 39.4 Å². The first-order valence-electron chi connectivity index (χ1n) is 5.17. The largest absolute Gasteiger partial charge is 0.390 e. The van der Waals surface area contributed by atoms with Gasteiger partial charge in [-0.05, 0) is 24.1 Å². The average molecular weight is 274 g/mol. The Balaban J connectivity index is 3.05. The molecule has 2 N–H and O–H groups in total. The maximum atomic E-state index is 10.7. The molecule has 0 radical (unpaired) electrons. The van der Waals surface area contributed by atoms with Crippen molar-refractivity contribution in [3.8, 4) is 0 Å². The number of benzene rings is 1. The molecule has 0 saturated heterocycles. The number of nitrogens with zero attached hydrogens (tertiary/aromatic N) is 1. The van der Waals surface area contributed by atoms with Gasteiger partial charge in [0, 0.05) is 11.9 Å². The van der Waals surface area contributed by atoms with Crippen LogP contribution in [0.5, 0.6) is 0 Å². The number of carbonyl (C=O) groups excluding carboxylic acids is 1. The van der Waals surface area contributed by atoms with E-state index in [4.69, 9.17) is 11.6 Å². The number of hydrogen-bond acceptors (Lipinski definition) is 5. The van der Waals surface area contributed by atoms with Crippen molar-refractivity contribution < 1.29 is 19.9 Å². The molecular formula is C11H12ClNO5. The Kier molecular flexibility index (Phi) is 5.21. The zero-order chi connectivity index (χ0) is 13.7. The fourth-order valence-electron chi connectivity index (χ4n) is 1.51. The second kappa shape index (κ2) is 6.44. The SMILES string of the molecule is O=Cc1cc(C(O)C(O)CCCl)ccc1[N+](=O)[O-]. The quantitative estimate of drug-likeness (QED) is 0.353. The average Bonchev–Trinajstić information content (AvgIpc) is 2.37. The summed E-state index contributed by atoms with van der Waals surface area (Å²) in [5.41, 5.74) is -0.247. The number of nitro benzene ring substituents is 1. The van der Waals surface area contributed by atoms with Crippen molar-refractivity contribution in [2.24, 2.45) is 0 Å². The van der Waals surface area contributed by atoms with E-state index in [0.717, 1.165) is 6.07 Å². The molecule has 0 amide bonds. The van der Waals surface area contributed by atoms with Crippen molar-refractivity contribution >= 4 is 23.6 Å². The number of aliphatic hydroxyl groups is 2. The van der Waals surface area contributed by atoms with E-state index >= 15 is 0 Å². The monoisotopic (exact) mass is 273 g/mol. The minimum Gasteiger partial charge on any atom is -0.390 e. The van der Waals surface area contributed by atoms with Crippen LogP contribution >= 0.6 is 11.6 Å². The summed E-state index contributed by atoms with van der Waals surface area (Å²) in [4.78, 5) is 20.7. The van der Waals surface area contributed by atoms with Crippen LogP contribution < -0.4 is 0 Å². The first kappa shape index (κ1) is 14.6. The maximum absolute atomic E-state index is 10.7. The predicted molar refractivity (Wildman–Crippen MR) is 64.8 cm³/mol. The van der Waals surface area contributed by atoms with Gasteiger partial charge >= 0.3 is 0 Å². The molecule has 2 atom stereocenters. The van der Waals surface area contributed by atoms with E-state index in [1.165, 1.54) is 12.1 Å². The number of nitro groups is 1. The fourth-order valence-corrected chi connectivity index (χ4v) is 1.73. The van der Waals surface area contributed by atoms with Gasteiger partial charge in [0.15, 0.2) is 6.29 Å². The topological polar surface area (TPSA) is 101 Å². The summed E-state index contributed by atoms with van der Waals surface area (Å²) >= 11 is 5.44. The second-order valence-corrected chi connectivity index (χ2v) is 4.06. The Morgan fingerprint density at radius 1 is 1.44 bits per heavy atom. The molecular weight excluding hydrogens is 262 g/mol. The number of rotatable bonds is 6. The third-order valence-electron chi connectivity index (χ3n) is 2.49. The van der Waals surface area contributed by atoms with Gasteiger partial charge in [-0.25, -0.2) is 0 Å². The molecule has 6 nitrogen and oxygen atoms in total. The smallest absolute Gasteiger partial charge is 0.279 e. The molecule has 7 heteroatoms. The molecule has 0 saturated carbocycles. The second-order valence-electron chi connectivity index (χ2n) is 3.68. The Bertz CT molecular complexity index is 451. The van der Waals surface area contributed by atoms with Gasteiger partial charge in [0.2, 0.25) is 0 Å². The number of carbonyl (C=O) groups is 1. The molecule has 0 aliphatic rings. The number of aliphatic hydroxyl groups excluding tert-OH is 2. The molecule has 1 aromatic rings. The van der Waals surface area contributed by atoms with E-state index < -0.39 is 17.1 Å². The van der Waals surface area contributed by atoms with E-state index in [-0.39, 0.29) is 29.1 Å². The Labute approximate surface area is 108 Å². The summed E-state index contributed by atoms with van der Waals surface area (Å²) in [5, 5.41) is 29.9. The van der Waals surface area contributed by atoms with Gasteiger partial charge < -0.3 is 10.2 Å². The molecule has 1 rings (SSSR count). The Hall–Kier alpha value is -1.50. The van der Waals surface area contributed by atoms with Gasteiger partial charge in [-0.2, -0.15) is 0 Å². The fraction of sp³-hybridized carbons (Fsp3) is 0.364. The molecule has 0 aliphatic heterocycles. The summed E-state index contributed by atoms with van der Waals surface area (Å²) in [6.07, 6.45) is -1.80. The number of hydrogen-bond donors (Lipinski definition) is 2. The highest BCUT2D eigenvalue weighted by atomic mass is 35.5. The first-order chi connectivity index (χ1) is 8.51. The van der Waals surface area contributed by atoms with E-state index in [1.807, 2.05) is 0 Å². The van der Waals surface area contributed by atoms with Crippen molar-refractivity contribution in [1.29, 1.82) is 0 Å². The van der Waals surface area contributed by atoms with Gasteiger partial charge in [0.05, 0.1) is 16.6 Å². The molecule has 0 aromatic heterocycles. The molecule has 2 unspecified atom stereocenters. The maximum Gasteiger partial charge on any atom is 0.279 e. The molecule has 0 spiro atoms. The highest BCUT2D eigenvalue weighted by Crippen LogP contribution is 2.25. The molecule has 1 aromatic carbocycles. The lowest BCUT2D eigenvalue weighted by atomic mass is 10.00. The van der Waals surface area contributed by atoms with Crippen LogP contribution in [0, 0.1) is 10.1 Å². The van der Waals surface area contributed by atoms with Gasteiger partial charge in [-0.1, -0.05) is 0 Å². The van der Waals surface area contributed by atoms with Crippen LogP contribution in [-0.4, -0.2) is 33.4 Å². The lowest BCUT2D eigenvalue weighted by molar-refractivity contribution is -0.385. The van der Waals surface area contributed by atoms with E-state index in [1.54, 1.807) is 0 Å². The van der Waals surface area contributed by atoms with Crippen LogP contribution in [0.3, 0.4) is 0 Å². The lowest BCUT2D eigenvalue weighted by Gasteiger charge is -2.17. The lowest BCUT2D eigenvalue weighted by Crippen LogP contribution is -2.18. The molecule has 18 heavy (non-hydrogen) atoms. The Morgan fingerprint density at radius 3 is 2.61 bits per heavy atom. The zero-order valence-corrected chi connectivity index (χ0v) is 10.1. The molecule has 0 fully saturated rings. The molecule has 0 aliphatic carbocycles. The third kappa shape index (κ3) is 3.25. The Morgan fingerprint density at radius 2 is 2.11 bits per heavy atom. The van der Waals surface area contributed by atoms with Crippen LogP contribution in [0.4, 0.5) is 5.69 Å². The standard InChI is InChI=1S/C11H12ClNO5/c12-4-3-10(15)11(16)7-1-2-9(13(17)18)8(5-7)6-14/h1-2,5-6,10-11,15-16H,3-4H2. The van der Waals surface area contributed by atoms with E-state index in [2.05, 4.69) is 0 Å². The van der Waals surface area contributed by atoms with Crippen molar-refractivity contribution in [2.75, 3.05) is 5.88 Å². The van der Waals surface area contributed by atoms with Crippen molar-refractivity contribution in [1.82, 2.24) is 0 Å². The number of aldehydes is 1. The summed E-state index contributed by atoms with van der Waals surface area (Å²) in [6.45, 7) is 0. The van der Waals surface area contributed by atoms with Crippen LogP contribution in [-0.2, 0) is 0 Å². The summed E-state index contributed by atoms with van der Waals surface area (Å²) in [5.74, 6) is 0.172. The van der Waals surface area contributed by atoms with E-state index in [0.29, 0.717) is 6.29 Å². The number of alkyl halides is 1. The highest BCUT2D eigenvalue weighted by molar-refractivity contribution is 6.17. The van der Waals surface area contributed by atoms with Crippen LogP contribution in [0.1, 0.15) is 28.4 Å². The van der Waals surface area contributed by atoms with Crippen LogP contribution in [0.25, 0.3) is 0 Å². The summed E-state index contributed by atoms with van der Waals surface area (Å²) in [6, 6.07) is 3.61. The van der Waals surface area contributed by atoms with E-state index in [9.17, 15) is 25.1 Å². The normalized spacial score (nSPS) is 13.9. The highest BCUT2D eigenvalue weighted by Gasteiger charge is 2.21. The minimum absolute atomic E-state index is 0.144. The van der Waals surface area contributed by atoms with Gasteiger partial charge in [0.25, 0.3) is 5.69 Å². The van der Waals surface area contributed by atoms with Gasteiger partial charge in [-0.3, -0.25) is 14.9 Å². The predicted octanol–water partition coefficient (Wildman–Crippen LogP) is 1.43. The summed E-state index contributed by atoms with van der Waals surface area (Å²) in [7, 11) is 0. The molecule has 98 valence electrons. The molecule has 0 bridgehead atoms. The first-order valence-corrected chi connectivity index (χ1v) is 5.70. The van der Waals surface area contributed by atoms with Crippen molar-refractivity contribution in [3.63, 3.8) is 0 Å². The van der Waals surface area contributed by atoms with Crippen LogP contribution in [0.15, 0.2) is 18.2 Å². The van der Waals surface area contributed by atoms with Gasteiger partial charge in [-0.15, -0.1) is 11.6 Å². The third-order valence-corrected chi connectivity index (χ3v) is 2.70. The van der Waals surface area contributed by atoms with Crippen molar-refractivity contribution in [2.45, 2.75) is 18.6 Å². The summed E-state index contributed by atoms with van der Waals surface area (Å²) < 4.78 is 0. The number of halogens is 1. The molecule has 0 heterocycles. The van der Waals surface area contributed by atoms with Crippen LogP contribution in [0.2, 0.25) is 0 Å². The zero-order valence-electron chi connectivity index (χ0n) is 9.32. The van der Waals surface area contributed by atoms with Gasteiger partial charge in [0.1, 0.15) is 6.10 Å².